The Hall–Kier alpha value is -0.860. The summed E-state index contributed by atoms with van der Waals surface area (Å²) in [6.45, 7) is 4.09. The largest absolute Gasteiger partial charge is 0.469 e. The Bertz CT molecular complexity index is 258. The summed E-state index contributed by atoms with van der Waals surface area (Å²) < 4.78 is 4.78. The molecule has 16 heavy (non-hydrogen) atoms. The molecule has 0 heterocycles. The summed E-state index contributed by atoms with van der Waals surface area (Å²) in [7, 11) is 1.42. The van der Waals surface area contributed by atoms with E-state index in [4.69, 9.17) is 4.74 Å². The average Bonchev–Trinajstić information content (AvgIpc) is 2.63. The SMILES string of the molecule is COC(=O)[C@H]1CCC[C@@H]1CC(=O)CC(C)C. The van der Waals surface area contributed by atoms with Crippen LogP contribution in [0.15, 0.2) is 0 Å². The van der Waals surface area contributed by atoms with Gasteiger partial charge in [-0.1, -0.05) is 20.3 Å². The molecular formula is C13H22O3. The third-order valence-electron chi connectivity index (χ3n) is 3.29. The van der Waals surface area contributed by atoms with E-state index in [1.807, 2.05) is 13.8 Å². The van der Waals surface area contributed by atoms with Crippen LogP contribution in [0, 0.1) is 17.8 Å². The summed E-state index contributed by atoms with van der Waals surface area (Å²) in [5.74, 6) is 0.737. The van der Waals surface area contributed by atoms with Gasteiger partial charge in [-0.15, -0.1) is 0 Å². The highest BCUT2D eigenvalue weighted by Gasteiger charge is 2.34. The molecule has 3 nitrogen and oxygen atoms in total. The predicted octanol–water partition coefficient (Wildman–Crippen LogP) is 2.58. The molecule has 0 amide bonds. The van der Waals surface area contributed by atoms with Gasteiger partial charge >= 0.3 is 5.97 Å². The molecule has 0 spiro atoms. The van der Waals surface area contributed by atoms with Crippen LogP contribution in [0.4, 0.5) is 0 Å². The first kappa shape index (κ1) is 13.2. The summed E-state index contributed by atoms with van der Waals surface area (Å²) >= 11 is 0. The molecule has 0 radical (unpaired) electrons. The minimum atomic E-state index is -0.139. The Kier molecular flexibility index (Phi) is 4.97. The minimum absolute atomic E-state index is 0.0406. The molecule has 0 aromatic heterocycles. The van der Waals surface area contributed by atoms with Gasteiger partial charge < -0.3 is 4.74 Å². The van der Waals surface area contributed by atoms with Crippen molar-refractivity contribution in [3.05, 3.63) is 0 Å². The smallest absolute Gasteiger partial charge is 0.308 e. The zero-order valence-corrected chi connectivity index (χ0v) is 10.5. The van der Waals surface area contributed by atoms with Crippen molar-refractivity contribution in [1.29, 1.82) is 0 Å². The number of methoxy groups -OCH3 is 1. The van der Waals surface area contributed by atoms with Gasteiger partial charge in [-0.25, -0.2) is 0 Å². The molecule has 1 fully saturated rings. The molecule has 1 rings (SSSR count). The topological polar surface area (TPSA) is 43.4 Å². The van der Waals surface area contributed by atoms with E-state index < -0.39 is 0 Å². The van der Waals surface area contributed by atoms with Crippen LogP contribution >= 0.6 is 0 Å². The second-order valence-corrected chi connectivity index (χ2v) is 5.16. The predicted molar refractivity (Wildman–Crippen MR) is 61.9 cm³/mol. The molecule has 0 aromatic rings. The Morgan fingerprint density at radius 3 is 2.56 bits per heavy atom. The first-order chi connectivity index (χ1) is 7.54. The van der Waals surface area contributed by atoms with Gasteiger partial charge in [0.25, 0.3) is 0 Å². The van der Waals surface area contributed by atoms with E-state index in [2.05, 4.69) is 0 Å². The van der Waals surface area contributed by atoms with E-state index in [0.29, 0.717) is 18.8 Å². The van der Waals surface area contributed by atoms with Crippen molar-refractivity contribution in [2.45, 2.75) is 46.0 Å². The molecule has 0 aliphatic heterocycles. The number of Topliss-reactive ketones (excluding diaryl/α,β-unsaturated/α-hetero) is 1. The van der Waals surface area contributed by atoms with E-state index >= 15 is 0 Å². The van der Waals surface area contributed by atoms with Gasteiger partial charge in [-0.3, -0.25) is 9.59 Å². The summed E-state index contributed by atoms with van der Waals surface area (Å²) in [6.07, 6.45) is 4.09. The van der Waals surface area contributed by atoms with E-state index in [-0.39, 0.29) is 23.6 Å². The van der Waals surface area contributed by atoms with Crippen molar-refractivity contribution in [1.82, 2.24) is 0 Å². The molecule has 0 aromatic carbocycles. The van der Waals surface area contributed by atoms with Crippen molar-refractivity contribution >= 4 is 11.8 Å². The van der Waals surface area contributed by atoms with Gasteiger partial charge in [0.15, 0.2) is 0 Å². The van der Waals surface area contributed by atoms with E-state index in [1.165, 1.54) is 7.11 Å². The lowest BCUT2D eigenvalue weighted by Gasteiger charge is -2.16. The summed E-state index contributed by atoms with van der Waals surface area (Å²) in [5, 5.41) is 0. The zero-order valence-electron chi connectivity index (χ0n) is 10.5. The third-order valence-corrected chi connectivity index (χ3v) is 3.29. The van der Waals surface area contributed by atoms with Crippen molar-refractivity contribution in [2.24, 2.45) is 17.8 Å². The van der Waals surface area contributed by atoms with Crippen LogP contribution in [-0.2, 0) is 14.3 Å². The van der Waals surface area contributed by atoms with Crippen molar-refractivity contribution in [3.8, 4) is 0 Å². The van der Waals surface area contributed by atoms with Gasteiger partial charge in [0.2, 0.25) is 0 Å². The maximum atomic E-state index is 11.7. The minimum Gasteiger partial charge on any atom is -0.469 e. The van der Waals surface area contributed by atoms with Gasteiger partial charge in [0.1, 0.15) is 5.78 Å². The van der Waals surface area contributed by atoms with Crippen LogP contribution in [-0.4, -0.2) is 18.9 Å². The van der Waals surface area contributed by atoms with Crippen LogP contribution in [0.3, 0.4) is 0 Å². The molecule has 92 valence electrons. The molecule has 0 unspecified atom stereocenters. The Morgan fingerprint density at radius 2 is 2.00 bits per heavy atom. The molecule has 0 bridgehead atoms. The van der Waals surface area contributed by atoms with Crippen LogP contribution < -0.4 is 0 Å². The molecule has 1 aliphatic carbocycles. The number of hydrogen-bond acceptors (Lipinski definition) is 3. The van der Waals surface area contributed by atoms with Crippen molar-refractivity contribution in [2.75, 3.05) is 7.11 Å². The van der Waals surface area contributed by atoms with E-state index in [9.17, 15) is 9.59 Å². The first-order valence-electron chi connectivity index (χ1n) is 6.14. The molecular weight excluding hydrogens is 204 g/mol. The lowest BCUT2D eigenvalue weighted by Crippen LogP contribution is -2.22. The van der Waals surface area contributed by atoms with Gasteiger partial charge in [-0.05, 0) is 24.7 Å². The fraction of sp³-hybridized carbons (Fsp3) is 0.846. The highest BCUT2D eigenvalue weighted by atomic mass is 16.5. The molecule has 3 heteroatoms. The molecule has 2 atom stereocenters. The standard InChI is InChI=1S/C13H22O3/c1-9(2)7-11(14)8-10-5-4-6-12(10)13(15)16-3/h9-10,12H,4-8H2,1-3H3/t10-,12+/m1/s1. The van der Waals surface area contributed by atoms with Crippen LogP contribution in [0.25, 0.3) is 0 Å². The van der Waals surface area contributed by atoms with Crippen LogP contribution in [0.5, 0.6) is 0 Å². The van der Waals surface area contributed by atoms with Crippen molar-refractivity contribution in [3.63, 3.8) is 0 Å². The zero-order chi connectivity index (χ0) is 12.1. The number of carbonyl (C=O) groups is 2. The van der Waals surface area contributed by atoms with Crippen LogP contribution in [0.1, 0.15) is 46.0 Å². The Labute approximate surface area is 97.5 Å². The van der Waals surface area contributed by atoms with Crippen molar-refractivity contribution < 1.29 is 14.3 Å². The highest BCUT2D eigenvalue weighted by molar-refractivity contribution is 5.80. The Balaban J connectivity index is 2.46. The van der Waals surface area contributed by atoms with E-state index in [0.717, 1.165) is 19.3 Å². The maximum Gasteiger partial charge on any atom is 0.308 e. The molecule has 0 saturated heterocycles. The van der Waals surface area contributed by atoms with Gasteiger partial charge in [0.05, 0.1) is 13.0 Å². The maximum absolute atomic E-state index is 11.7. The second kappa shape index (κ2) is 6.02. The molecule has 0 N–H and O–H groups in total. The quantitative estimate of drug-likeness (QED) is 0.677. The van der Waals surface area contributed by atoms with Crippen LogP contribution in [0.2, 0.25) is 0 Å². The number of rotatable bonds is 5. The molecule has 1 saturated carbocycles. The number of carbonyl (C=O) groups excluding carboxylic acids is 2. The average molecular weight is 226 g/mol. The Morgan fingerprint density at radius 1 is 1.31 bits per heavy atom. The fourth-order valence-corrected chi connectivity index (χ4v) is 2.57. The first-order valence-corrected chi connectivity index (χ1v) is 6.14. The van der Waals surface area contributed by atoms with E-state index in [1.54, 1.807) is 0 Å². The summed E-state index contributed by atoms with van der Waals surface area (Å²) in [5.41, 5.74) is 0. The fourth-order valence-electron chi connectivity index (χ4n) is 2.57. The lowest BCUT2D eigenvalue weighted by atomic mass is 9.89. The summed E-state index contributed by atoms with van der Waals surface area (Å²) in [6, 6.07) is 0. The number of esters is 1. The third kappa shape index (κ3) is 3.62. The number of ketones is 1. The second-order valence-electron chi connectivity index (χ2n) is 5.16. The number of hydrogen-bond donors (Lipinski definition) is 0. The van der Waals surface area contributed by atoms with Gasteiger partial charge in [-0.2, -0.15) is 0 Å². The summed E-state index contributed by atoms with van der Waals surface area (Å²) in [4.78, 5) is 23.2. The monoisotopic (exact) mass is 226 g/mol. The lowest BCUT2D eigenvalue weighted by molar-refractivity contribution is -0.146. The highest BCUT2D eigenvalue weighted by Crippen LogP contribution is 2.35. The van der Waals surface area contributed by atoms with Gasteiger partial charge in [0, 0.05) is 12.8 Å². The molecule has 1 aliphatic rings. The number of ether oxygens (including phenoxy) is 1. The normalized spacial score (nSPS) is 24.8.